The molecule has 92 valence electrons. The third kappa shape index (κ3) is 2.75. The second kappa shape index (κ2) is 4.35. The second-order valence-electron chi connectivity index (χ2n) is 4.65. The molecule has 2 heterocycles. The van der Waals surface area contributed by atoms with Crippen molar-refractivity contribution in [3.05, 3.63) is 0 Å². The fourth-order valence-electron chi connectivity index (χ4n) is 2.63. The largest absolute Gasteiger partial charge is 0.389 e. The molecule has 2 bridgehead atoms. The Bertz CT molecular complexity index is 275. The number of ketones is 1. The third-order valence-corrected chi connectivity index (χ3v) is 3.40. The van der Waals surface area contributed by atoms with Crippen molar-refractivity contribution in [2.75, 3.05) is 0 Å². The zero-order valence-electron chi connectivity index (χ0n) is 8.93. The van der Waals surface area contributed by atoms with Crippen molar-refractivity contribution in [3.63, 3.8) is 0 Å². The molecule has 3 unspecified atom stereocenters. The van der Waals surface area contributed by atoms with Gasteiger partial charge in [-0.1, -0.05) is 0 Å². The predicted octanol–water partition coefficient (Wildman–Crippen LogP) is 2.86. The van der Waals surface area contributed by atoms with E-state index >= 15 is 0 Å². The smallest absolute Gasteiger partial charge is 0.374 e. The minimum absolute atomic E-state index is 0.0108. The number of carbonyl (C=O) groups is 1. The lowest BCUT2D eigenvalue weighted by Gasteiger charge is -2.17. The minimum Gasteiger partial charge on any atom is -0.374 e. The molecule has 0 aromatic rings. The number of rotatable bonds is 4. The molecule has 2 aliphatic rings. The maximum Gasteiger partial charge on any atom is 0.389 e. The third-order valence-electron chi connectivity index (χ3n) is 3.40. The van der Waals surface area contributed by atoms with Gasteiger partial charge in [0.15, 0.2) is 0 Å². The molecule has 0 spiro atoms. The molecule has 0 aromatic carbocycles. The Morgan fingerprint density at radius 1 is 1.31 bits per heavy atom. The fraction of sp³-hybridized carbons (Fsp3) is 0.909. The van der Waals surface area contributed by atoms with Crippen LogP contribution in [-0.2, 0) is 9.53 Å². The molecule has 5 heteroatoms. The number of halogens is 3. The predicted molar refractivity (Wildman–Crippen MR) is 50.9 cm³/mol. The van der Waals surface area contributed by atoms with Gasteiger partial charge in [0.25, 0.3) is 0 Å². The van der Waals surface area contributed by atoms with Crippen LogP contribution in [-0.4, -0.2) is 24.2 Å². The lowest BCUT2D eigenvalue weighted by atomic mass is 9.84. The van der Waals surface area contributed by atoms with Gasteiger partial charge in [0, 0.05) is 18.8 Å². The Labute approximate surface area is 92.1 Å². The molecule has 0 aromatic heterocycles. The highest BCUT2D eigenvalue weighted by Crippen LogP contribution is 2.40. The van der Waals surface area contributed by atoms with Gasteiger partial charge in [0.2, 0.25) is 0 Å². The molecule has 2 rings (SSSR count). The molecule has 2 fully saturated rings. The van der Waals surface area contributed by atoms with Gasteiger partial charge in [-0.25, -0.2) is 0 Å². The molecule has 0 amide bonds. The molecule has 2 saturated heterocycles. The van der Waals surface area contributed by atoms with Crippen LogP contribution < -0.4 is 0 Å². The van der Waals surface area contributed by atoms with Crippen LogP contribution in [0.4, 0.5) is 13.2 Å². The number of fused-ring (bicyclic) bond motifs is 2. The van der Waals surface area contributed by atoms with Crippen LogP contribution in [0.1, 0.15) is 38.5 Å². The van der Waals surface area contributed by atoms with E-state index in [-0.39, 0.29) is 36.8 Å². The van der Waals surface area contributed by atoms with E-state index < -0.39 is 12.6 Å². The number of carbonyl (C=O) groups excluding carboxylic acids is 1. The highest BCUT2D eigenvalue weighted by Gasteiger charge is 2.43. The Kier molecular flexibility index (Phi) is 3.24. The number of ether oxygens (including phenoxy) is 1. The summed E-state index contributed by atoms with van der Waals surface area (Å²) in [6, 6.07) is 0. The first-order chi connectivity index (χ1) is 7.46. The standard InChI is InChI=1S/C11H15F3O2/c12-11(13,14)5-1-2-9(15)8-6-7-3-4-10(8)16-7/h7-8,10H,1-6H2. The van der Waals surface area contributed by atoms with Gasteiger partial charge in [-0.3, -0.25) is 4.79 Å². The first kappa shape index (κ1) is 11.9. The second-order valence-corrected chi connectivity index (χ2v) is 4.65. The van der Waals surface area contributed by atoms with Crippen molar-refractivity contribution in [1.29, 1.82) is 0 Å². The zero-order valence-corrected chi connectivity index (χ0v) is 8.93. The Balaban J connectivity index is 1.73. The molecule has 2 nitrogen and oxygen atoms in total. The first-order valence-corrected chi connectivity index (χ1v) is 5.70. The summed E-state index contributed by atoms with van der Waals surface area (Å²) < 4.78 is 41.2. The van der Waals surface area contributed by atoms with Crippen molar-refractivity contribution in [2.45, 2.75) is 56.9 Å². The van der Waals surface area contributed by atoms with E-state index in [0.29, 0.717) is 0 Å². The SMILES string of the molecule is O=C(CCCC(F)(F)F)C1CC2CCC1O2. The first-order valence-electron chi connectivity index (χ1n) is 5.70. The van der Waals surface area contributed by atoms with Crippen molar-refractivity contribution >= 4 is 5.78 Å². The maximum atomic E-state index is 11.9. The van der Waals surface area contributed by atoms with Crippen molar-refractivity contribution in [3.8, 4) is 0 Å². The lowest BCUT2D eigenvalue weighted by Crippen LogP contribution is -2.25. The zero-order chi connectivity index (χ0) is 11.8. The summed E-state index contributed by atoms with van der Waals surface area (Å²) >= 11 is 0. The fourth-order valence-corrected chi connectivity index (χ4v) is 2.63. The number of hydrogen-bond donors (Lipinski definition) is 0. The number of alkyl halides is 3. The Hall–Kier alpha value is -0.580. The van der Waals surface area contributed by atoms with E-state index in [9.17, 15) is 18.0 Å². The normalized spacial score (nSPS) is 33.3. The quantitative estimate of drug-likeness (QED) is 0.750. The maximum absolute atomic E-state index is 11.9. The van der Waals surface area contributed by atoms with Gasteiger partial charge < -0.3 is 4.74 Å². The van der Waals surface area contributed by atoms with Gasteiger partial charge in [-0.05, 0) is 25.7 Å². The lowest BCUT2D eigenvalue weighted by molar-refractivity contribution is -0.138. The van der Waals surface area contributed by atoms with Crippen LogP contribution in [0.3, 0.4) is 0 Å². The van der Waals surface area contributed by atoms with Crippen LogP contribution in [0.25, 0.3) is 0 Å². The van der Waals surface area contributed by atoms with Crippen molar-refractivity contribution in [1.82, 2.24) is 0 Å². The van der Waals surface area contributed by atoms with E-state index in [1.807, 2.05) is 0 Å². The van der Waals surface area contributed by atoms with Gasteiger partial charge in [-0.2, -0.15) is 13.2 Å². The van der Waals surface area contributed by atoms with E-state index in [1.54, 1.807) is 0 Å². The topological polar surface area (TPSA) is 26.3 Å². The van der Waals surface area contributed by atoms with Crippen molar-refractivity contribution in [2.24, 2.45) is 5.92 Å². The summed E-state index contributed by atoms with van der Waals surface area (Å²) in [5.41, 5.74) is 0. The van der Waals surface area contributed by atoms with Crippen LogP contribution in [0.2, 0.25) is 0 Å². The summed E-state index contributed by atoms with van der Waals surface area (Å²) in [6.07, 6.45) is -2.28. The average molecular weight is 236 g/mol. The summed E-state index contributed by atoms with van der Waals surface area (Å²) in [5, 5.41) is 0. The molecule has 2 aliphatic heterocycles. The molecule has 16 heavy (non-hydrogen) atoms. The minimum atomic E-state index is -4.15. The van der Waals surface area contributed by atoms with Crippen LogP contribution in [0.15, 0.2) is 0 Å². The van der Waals surface area contributed by atoms with E-state index in [4.69, 9.17) is 4.74 Å². The van der Waals surface area contributed by atoms with E-state index in [0.717, 1.165) is 19.3 Å². The number of Topliss-reactive ketones (excluding diaryl/α,β-unsaturated/α-hetero) is 1. The van der Waals surface area contributed by atoms with Gasteiger partial charge in [0.05, 0.1) is 12.2 Å². The van der Waals surface area contributed by atoms with E-state index in [1.165, 1.54) is 0 Å². The highest BCUT2D eigenvalue weighted by atomic mass is 19.4. The van der Waals surface area contributed by atoms with Crippen LogP contribution in [0, 0.1) is 5.92 Å². The van der Waals surface area contributed by atoms with Gasteiger partial charge >= 0.3 is 6.18 Å². The Morgan fingerprint density at radius 2 is 2.06 bits per heavy atom. The average Bonchev–Trinajstić information content (AvgIpc) is 2.76. The molecular formula is C11H15F3O2. The molecule has 0 saturated carbocycles. The molecule has 0 radical (unpaired) electrons. The summed E-state index contributed by atoms with van der Waals surface area (Å²) in [5.74, 6) is -0.177. The summed E-state index contributed by atoms with van der Waals surface area (Å²) in [4.78, 5) is 11.7. The Morgan fingerprint density at radius 3 is 2.56 bits per heavy atom. The summed E-state index contributed by atoms with van der Waals surface area (Å²) in [7, 11) is 0. The molecular weight excluding hydrogens is 221 g/mol. The van der Waals surface area contributed by atoms with Gasteiger partial charge in [-0.15, -0.1) is 0 Å². The van der Waals surface area contributed by atoms with Crippen LogP contribution in [0.5, 0.6) is 0 Å². The highest BCUT2D eigenvalue weighted by molar-refractivity contribution is 5.82. The molecule has 0 aliphatic carbocycles. The van der Waals surface area contributed by atoms with E-state index in [2.05, 4.69) is 0 Å². The summed E-state index contributed by atoms with van der Waals surface area (Å²) in [6.45, 7) is 0. The number of hydrogen-bond acceptors (Lipinski definition) is 2. The molecule has 3 atom stereocenters. The van der Waals surface area contributed by atoms with Gasteiger partial charge in [0.1, 0.15) is 5.78 Å². The van der Waals surface area contributed by atoms with Crippen LogP contribution >= 0.6 is 0 Å². The van der Waals surface area contributed by atoms with Crippen molar-refractivity contribution < 1.29 is 22.7 Å². The monoisotopic (exact) mass is 236 g/mol. The molecule has 0 N–H and O–H groups in total.